The van der Waals surface area contributed by atoms with Crippen LogP contribution >= 0.6 is 11.8 Å². The van der Waals surface area contributed by atoms with Crippen LogP contribution in [0, 0.1) is 0 Å². The molecule has 0 heterocycles. The standard InChI is InChI=1S/C19H21F2NO3S/c1-3-13-5-4-6-15(9-13)22-18(23)12-26-11-14-7-8-16(25-19(20)21)17(10-14)24-2/h4-10,19H,3,11-12H2,1-2H3,(H,22,23). The molecule has 1 N–H and O–H groups in total. The summed E-state index contributed by atoms with van der Waals surface area (Å²) in [5, 5.41) is 2.87. The third-order valence-corrected chi connectivity index (χ3v) is 4.57. The van der Waals surface area contributed by atoms with Crippen molar-refractivity contribution in [2.24, 2.45) is 0 Å². The molecule has 0 fully saturated rings. The number of hydrogen-bond donors (Lipinski definition) is 1. The van der Waals surface area contributed by atoms with Crippen LogP contribution < -0.4 is 14.8 Å². The minimum atomic E-state index is -2.90. The van der Waals surface area contributed by atoms with Gasteiger partial charge in [0.2, 0.25) is 5.91 Å². The molecule has 4 nitrogen and oxygen atoms in total. The van der Waals surface area contributed by atoms with Crippen LogP contribution in [0.4, 0.5) is 14.5 Å². The summed E-state index contributed by atoms with van der Waals surface area (Å²) in [6, 6.07) is 12.5. The number of amides is 1. The molecule has 0 radical (unpaired) electrons. The van der Waals surface area contributed by atoms with Crippen molar-refractivity contribution in [2.75, 3.05) is 18.2 Å². The first kappa shape index (κ1) is 20.0. The van der Waals surface area contributed by atoms with Gasteiger partial charge >= 0.3 is 6.61 Å². The van der Waals surface area contributed by atoms with Gasteiger partial charge in [0.05, 0.1) is 12.9 Å². The molecule has 0 saturated carbocycles. The first-order valence-electron chi connectivity index (χ1n) is 8.10. The monoisotopic (exact) mass is 381 g/mol. The molecule has 7 heteroatoms. The zero-order valence-corrected chi connectivity index (χ0v) is 15.4. The zero-order valence-electron chi connectivity index (χ0n) is 14.6. The number of thioether (sulfide) groups is 1. The average Bonchev–Trinajstić information content (AvgIpc) is 2.62. The number of alkyl halides is 2. The highest BCUT2D eigenvalue weighted by molar-refractivity contribution is 7.99. The molecule has 0 atom stereocenters. The third-order valence-electron chi connectivity index (χ3n) is 3.56. The number of carbonyl (C=O) groups excluding carboxylic acids is 1. The van der Waals surface area contributed by atoms with Crippen LogP contribution in [-0.4, -0.2) is 25.4 Å². The van der Waals surface area contributed by atoms with Crippen molar-refractivity contribution in [1.82, 2.24) is 0 Å². The average molecular weight is 381 g/mol. The van der Waals surface area contributed by atoms with Gasteiger partial charge in [-0.2, -0.15) is 8.78 Å². The number of methoxy groups -OCH3 is 1. The van der Waals surface area contributed by atoms with E-state index < -0.39 is 6.61 Å². The van der Waals surface area contributed by atoms with Crippen molar-refractivity contribution >= 4 is 23.4 Å². The van der Waals surface area contributed by atoms with Crippen LogP contribution in [0.5, 0.6) is 11.5 Å². The summed E-state index contributed by atoms with van der Waals surface area (Å²) in [7, 11) is 1.39. The Morgan fingerprint density at radius 2 is 1.96 bits per heavy atom. The van der Waals surface area contributed by atoms with E-state index in [0.717, 1.165) is 23.2 Å². The van der Waals surface area contributed by atoms with Crippen LogP contribution in [0.3, 0.4) is 0 Å². The molecular formula is C19H21F2NO3S. The largest absolute Gasteiger partial charge is 0.493 e. The first-order valence-corrected chi connectivity index (χ1v) is 9.25. The Bertz CT molecular complexity index is 740. The molecule has 26 heavy (non-hydrogen) atoms. The summed E-state index contributed by atoms with van der Waals surface area (Å²) in [4.78, 5) is 12.0. The van der Waals surface area contributed by atoms with Gasteiger partial charge < -0.3 is 14.8 Å². The predicted molar refractivity (Wildman–Crippen MR) is 100 cm³/mol. The lowest BCUT2D eigenvalue weighted by Gasteiger charge is -2.11. The number of nitrogens with one attached hydrogen (secondary N) is 1. The molecule has 140 valence electrons. The van der Waals surface area contributed by atoms with Crippen molar-refractivity contribution in [2.45, 2.75) is 25.7 Å². The zero-order chi connectivity index (χ0) is 18.9. The highest BCUT2D eigenvalue weighted by Crippen LogP contribution is 2.30. The van der Waals surface area contributed by atoms with Crippen LogP contribution in [0.15, 0.2) is 42.5 Å². The summed E-state index contributed by atoms with van der Waals surface area (Å²) in [6.07, 6.45) is 0.908. The van der Waals surface area contributed by atoms with E-state index in [1.165, 1.54) is 24.9 Å². The molecule has 0 spiro atoms. The minimum Gasteiger partial charge on any atom is -0.493 e. The minimum absolute atomic E-state index is 0.00945. The molecule has 2 rings (SSSR count). The van der Waals surface area contributed by atoms with Gasteiger partial charge in [0.1, 0.15) is 0 Å². The fraction of sp³-hybridized carbons (Fsp3) is 0.316. The Balaban J connectivity index is 1.85. The van der Waals surface area contributed by atoms with Gasteiger partial charge in [0.15, 0.2) is 11.5 Å². The number of hydrogen-bond acceptors (Lipinski definition) is 4. The normalized spacial score (nSPS) is 10.7. The van der Waals surface area contributed by atoms with Gasteiger partial charge in [0, 0.05) is 11.4 Å². The molecular weight excluding hydrogens is 360 g/mol. The molecule has 0 saturated heterocycles. The van der Waals surface area contributed by atoms with Gasteiger partial charge in [-0.3, -0.25) is 4.79 Å². The van der Waals surface area contributed by atoms with Crippen LogP contribution in [-0.2, 0) is 17.0 Å². The Morgan fingerprint density at radius 3 is 2.65 bits per heavy atom. The van der Waals surface area contributed by atoms with E-state index in [-0.39, 0.29) is 23.2 Å². The van der Waals surface area contributed by atoms with Crippen molar-refractivity contribution in [3.05, 3.63) is 53.6 Å². The van der Waals surface area contributed by atoms with E-state index in [1.54, 1.807) is 12.1 Å². The number of carbonyl (C=O) groups is 1. The van der Waals surface area contributed by atoms with E-state index in [1.807, 2.05) is 24.3 Å². The van der Waals surface area contributed by atoms with Crippen LogP contribution in [0.2, 0.25) is 0 Å². The van der Waals surface area contributed by atoms with Crippen molar-refractivity contribution in [1.29, 1.82) is 0 Å². The number of aryl methyl sites for hydroxylation is 1. The van der Waals surface area contributed by atoms with Gasteiger partial charge in [-0.1, -0.05) is 25.1 Å². The van der Waals surface area contributed by atoms with Crippen LogP contribution in [0.25, 0.3) is 0 Å². The third kappa shape index (κ3) is 6.22. The number of halogens is 2. The van der Waals surface area contributed by atoms with Gasteiger partial charge in [-0.25, -0.2) is 0 Å². The SMILES string of the molecule is CCc1cccc(NC(=O)CSCc2ccc(OC(F)F)c(OC)c2)c1. The maximum Gasteiger partial charge on any atom is 0.387 e. The Morgan fingerprint density at radius 1 is 1.15 bits per heavy atom. The summed E-state index contributed by atoms with van der Waals surface area (Å²) < 4.78 is 34.1. The molecule has 0 aliphatic carbocycles. The fourth-order valence-electron chi connectivity index (χ4n) is 2.32. The topological polar surface area (TPSA) is 47.6 Å². The number of benzene rings is 2. The summed E-state index contributed by atoms with van der Waals surface area (Å²) in [6.45, 7) is -0.845. The van der Waals surface area contributed by atoms with Gasteiger partial charge in [-0.05, 0) is 41.8 Å². The maximum atomic E-state index is 12.3. The lowest BCUT2D eigenvalue weighted by molar-refractivity contribution is -0.113. The Labute approximate surface area is 155 Å². The second kappa shape index (κ2) is 10.0. The van der Waals surface area contributed by atoms with E-state index in [4.69, 9.17) is 4.74 Å². The predicted octanol–water partition coefficient (Wildman–Crippen LogP) is 4.73. The second-order valence-electron chi connectivity index (χ2n) is 5.46. The van der Waals surface area contributed by atoms with E-state index in [0.29, 0.717) is 5.75 Å². The van der Waals surface area contributed by atoms with Gasteiger partial charge in [-0.15, -0.1) is 11.8 Å². The molecule has 0 aliphatic heterocycles. The van der Waals surface area contributed by atoms with E-state index >= 15 is 0 Å². The number of rotatable bonds is 9. The smallest absolute Gasteiger partial charge is 0.387 e. The van der Waals surface area contributed by atoms with Crippen molar-refractivity contribution in [3.63, 3.8) is 0 Å². The quantitative estimate of drug-likeness (QED) is 0.682. The second-order valence-corrected chi connectivity index (χ2v) is 6.44. The fourth-order valence-corrected chi connectivity index (χ4v) is 3.10. The van der Waals surface area contributed by atoms with E-state index in [2.05, 4.69) is 17.0 Å². The number of anilines is 1. The van der Waals surface area contributed by atoms with E-state index in [9.17, 15) is 13.6 Å². The summed E-state index contributed by atoms with van der Waals surface area (Å²) >= 11 is 1.43. The molecule has 0 bridgehead atoms. The highest BCUT2D eigenvalue weighted by Gasteiger charge is 2.11. The van der Waals surface area contributed by atoms with Gasteiger partial charge in [0.25, 0.3) is 0 Å². The highest BCUT2D eigenvalue weighted by atomic mass is 32.2. The molecule has 0 aliphatic rings. The Hall–Kier alpha value is -2.28. The molecule has 2 aromatic rings. The van der Waals surface area contributed by atoms with Crippen molar-refractivity contribution in [3.8, 4) is 11.5 Å². The number of ether oxygens (including phenoxy) is 2. The molecule has 1 amide bonds. The van der Waals surface area contributed by atoms with Crippen LogP contribution in [0.1, 0.15) is 18.1 Å². The lowest BCUT2D eigenvalue weighted by Crippen LogP contribution is -2.14. The molecule has 2 aromatic carbocycles. The molecule has 0 aromatic heterocycles. The Kier molecular flexibility index (Phi) is 7.72. The van der Waals surface area contributed by atoms with Crippen molar-refractivity contribution < 1.29 is 23.0 Å². The molecule has 0 unspecified atom stereocenters. The first-order chi connectivity index (χ1) is 12.5. The lowest BCUT2D eigenvalue weighted by atomic mass is 10.1. The maximum absolute atomic E-state index is 12.3. The summed E-state index contributed by atoms with van der Waals surface area (Å²) in [5.41, 5.74) is 2.80. The summed E-state index contributed by atoms with van der Waals surface area (Å²) in [5.74, 6) is 0.976.